The van der Waals surface area contributed by atoms with Gasteiger partial charge in [-0.25, -0.2) is 8.78 Å². The van der Waals surface area contributed by atoms with E-state index in [0.29, 0.717) is 5.56 Å². The van der Waals surface area contributed by atoms with Gasteiger partial charge in [-0.05, 0) is 12.5 Å². The summed E-state index contributed by atoms with van der Waals surface area (Å²) in [5.41, 5.74) is 6.02. The van der Waals surface area contributed by atoms with Gasteiger partial charge in [0.15, 0.2) is 5.78 Å². The summed E-state index contributed by atoms with van der Waals surface area (Å²) in [6.45, 7) is 1.37. The van der Waals surface area contributed by atoms with Gasteiger partial charge in [-0.3, -0.25) is 4.79 Å². The van der Waals surface area contributed by atoms with Crippen molar-refractivity contribution in [2.24, 2.45) is 5.73 Å². The Balaban J connectivity index is 2.88. The maximum atomic E-state index is 12.2. The molecule has 0 amide bonds. The van der Waals surface area contributed by atoms with Gasteiger partial charge in [0.2, 0.25) is 0 Å². The van der Waals surface area contributed by atoms with Gasteiger partial charge in [0.1, 0.15) is 0 Å². The summed E-state index contributed by atoms with van der Waals surface area (Å²) in [5.74, 6) is -0.185. The number of alkyl halides is 2. The van der Waals surface area contributed by atoms with Gasteiger partial charge in [0.25, 0.3) is 6.43 Å². The molecule has 14 heavy (non-hydrogen) atoms. The van der Waals surface area contributed by atoms with E-state index in [4.69, 9.17) is 5.73 Å². The minimum Gasteiger partial charge on any atom is -0.318 e. The Kier molecular flexibility index (Phi) is 3.30. The number of carbonyl (C=O) groups excluding carboxylic acids is 1. The van der Waals surface area contributed by atoms with E-state index < -0.39 is 12.5 Å². The van der Waals surface area contributed by atoms with Crippen LogP contribution in [0.5, 0.6) is 0 Å². The van der Waals surface area contributed by atoms with Crippen molar-refractivity contribution in [3.63, 3.8) is 0 Å². The number of ketones is 1. The highest BCUT2D eigenvalue weighted by atomic mass is 19.3. The average molecular weight is 199 g/mol. The molecular formula is C10H11F2NO. The van der Waals surface area contributed by atoms with Gasteiger partial charge in [-0.1, -0.05) is 24.3 Å². The molecule has 76 valence electrons. The summed E-state index contributed by atoms with van der Waals surface area (Å²) in [6.07, 6.45) is -2.49. The average Bonchev–Trinajstić information content (AvgIpc) is 2.16. The predicted molar refractivity (Wildman–Crippen MR) is 49.0 cm³/mol. The van der Waals surface area contributed by atoms with Crippen LogP contribution in [0.25, 0.3) is 0 Å². The first-order valence-electron chi connectivity index (χ1n) is 4.16. The van der Waals surface area contributed by atoms with Gasteiger partial charge in [0.05, 0.1) is 6.04 Å². The number of rotatable bonds is 3. The number of hydrogen-bond acceptors (Lipinski definition) is 2. The first-order valence-corrected chi connectivity index (χ1v) is 4.16. The van der Waals surface area contributed by atoms with Gasteiger partial charge >= 0.3 is 0 Å². The van der Waals surface area contributed by atoms with Crippen LogP contribution in [0.3, 0.4) is 0 Å². The first kappa shape index (κ1) is 10.8. The van der Waals surface area contributed by atoms with E-state index in [-0.39, 0.29) is 11.3 Å². The van der Waals surface area contributed by atoms with Crippen molar-refractivity contribution >= 4 is 5.78 Å². The van der Waals surface area contributed by atoms with Crippen LogP contribution >= 0.6 is 0 Å². The standard InChI is InChI=1S/C10H11F2NO/c1-6(14)9(13)7-2-4-8(5-3-7)10(11)12/h2-5,9-10H,13H2,1H3. The van der Waals surface area contributed by atoms with Crippen LogP contribution in [0.15, 0.2) is 24.3 Å². The zero-order valence-corrected chi connectivity index (χ0v) is 7.71. The second kappa shape index (κ2) is 4.28. The van der Waals surface area contributed by atoms with Gasteiger partial charge in [0, 0.05) is 5.56 Å². The molecule has 0 aliphatic carbocycles. The molecule has 2 N–H and O–H groups in total. The van der Waals surface area contributed by atoms with Crippen LogP contribution in [0.1, 0.15) is 30.5 Å². The van der Waals surface area contributed by atoms with Crippen molar-refractivity contribution in [3.05, 3.63) is 35.4 Å². The fourth-order valence-corrected chi connectivity index (χ4v) is 1.08. The Morgan fingerprint density at radius 3 is 2.00 bits per heavy atom. The second-order valence-electron chi connectivity index (χ2n) is 3.06. The lowest BCUT2D eigenvalue weighted by Crippen LogP contribution is -2.18. The van der Waals surface area contributed by atoms with E-state index in [9.17, 15) is 13.6 Å². The largest absolute Gasteiger partial charge is 0.318 e. The minimum atomic E-state index is -2.49. The molecular weight excluding hydrogens is 188 g/mol. The maximum absolute atomic E-state index is 12.2. The van der Waals surface area contributed by atoms with Crippen LogP contribution in [-0.4, -0.2) is 5.78 Å². The molecule has 0 bridgehead atoms. The van der Waals surface area contributed by atoms with E-state index >= 15 is 0 Å². The zero-order valence-electron chi connectivity index (χ0n) is 7.71. The highest BCUT2D eigenvalue weighted by Gasteiger charge is 2.12. The number of halogens is 2. The quantitative estimate of drug-likeness (QED) is 0.811. The van der Waals surface area contributed by atoms with Gasteiger partial charge in [-0.2, -0.15) is 0 Å². The normalized spacial score (nSPS) is 12.9. The molecule has 0 aliphatic heterocycles. The molecule has 0 aliphatic rings. The van der Waals surface area contributed by atoms with E-state index in [2.05, 4.69) is 0 Å². The third-order valence-electron chi connectivity index (χ3n) is 1.99. The van der Waals surface area contributed by atoms with E-state index in [1.54, 1.807) is 0 Å². The summed E-state index contributed by atoms with van der Waals surface area (Å²) in [6, 6.07) is 4.74. The van der Waals surface area contributed by atoms with Crippen molar-refractivity contribution in [2.45, 2.75) is 19.4 Å². The smallest absolute Gasteiger partial charge is 0.263 e. The number of nitrogens with two attached hydrogens (primary N) is 1. The fraction of sp³-hybridized carbons (Fsp3) is 0.300. The van der Waals surface area contributed by atoms with E-state index in [0.717, 1.165) is 0 Å². The Morgan fingerprint density at radius 1 is 1.21 bits per heavy atom. The Hall–Kier alpha value is -1.29. The molecule has 0 spiro atoms. The van der Waals surface area contributed by atoms with Crippen molar-refractivity contribution < 1.29 is 13.6 Å². The Bertz CT molecular complexity index is 321. The highest BCUT2D eigenvalue weighted by molar-refractivity contribution is 5.82. The molecule has 4 heteroatoms. The van der Waals surface area contributed by atoms with Crippen LogP contribution < -0.4 is 5.73 Å². The van der Waals surface area contributed by atoms with Crippen LogP contribution in [0.2, 0.25) is 0 Å². The molecule has 0 radical (unpaired) electrons. The molecule has 0 fully saturated rings. The molecule has 1 aromatic rings. The summed E-state index contributed by atoms with van der Waals surface area (Å²) >= 11 is 0. The Labute approximate surface area is 80.7 Å². The fourth-order valence-electron chi connectivity index (χ4n) is 1.08. The first-order chi connectivity index (χ1) is 6.52. The summed E-state index contributed by atoms with van der Waals surface area (Å²) in [4.78, 5) is 10.9. The number of Topliss-reactive ketones (excluding diaryl/α,β-unsaturated/α-hetero) is 1. The number of carbonyl (C=O) groups is 1. The van der Waals surface area contributed by atoms with Gasteiger partial charge < -0.3 is 5.73 Å². The minimum absolute atomic E-state index is 0.0653. The Morgan fingerprint density at radius 2 is 1.64 bits per heavy atom. The van der Waals surface area contributed by atoms with Crippen molar-refractivity contribution in [3.8, 4) is 0 Å². The lowest BCUT2D eigenvalue weighted by atomic mass is 10.0. The SMILES string of the molecule is CC(=O)C(N)c1ccc(C(F)F)cc1. The molecule has 0 heterocycles. The maximum Gasteiger partial charge on any atom is 0.263 e. The highest BCUT2D eigenvalue weighted by Crippen LogP contribution is 2.20. The summed E-state index contributed by atoms with van der Waals surface area (Å²) in [7, 11) is 0. The van der Waals surface area contributed by atoms with Crippen LogP contribution in [0, 0.1) is 0 Å². The van der Waals surface area contributed by atoms with E-state index in [1.165, 1.54) is 31.2 Å². The number of benzene rings is 1. The number of hydrogen-bond donors (Lipinski definition) is 1. The molecule has 1 rings (SSSR count). The molecule has 0 saturated heterocycles. The van der Waals surface area contributed by atoms with Crippen LogP contribution in [0.4, 0.5) is 8.78 Å². The predicted octanol–water partition coefficient (Wildman–Crippen LogP) is 2.21. The summed E-state index contributed by atoms with van der Waals surface area (Å²) in [5, 5.41) is 0. The molecule has 0 saturated carbocycles. The lowest BCUT2D eigenvalue weighted by Gasteiger charge is -2.08. The second-order valence-corrected chi connectivity index (χ2v) is 3.06. The van der Waals surface area contributed by atoms with Crippen molar-refractivity contribution in [1.82, 2.24) is 0 Å². The molecule has 1 atom stereocenters. The lowest BCUT2D eigenvalue weighted by molar-refractivity contribution is -0.118. The monoisotopic (exact) mass is 199 g/mol. The molecule has 1 unspecified atom stereocenters. The van der Waals surface area contributed by atoms with E-state index in [1.807, 2.05) is 0 Å². The topological polar surface area (TPSA) is 43.1 Å². The molecule has 2 nitrogen and oxygen atoms in total. The third-order valence-corrected chi connectivity index (χ3v) is 1.99. The molecule has 1 aromatic carbocycles. The zero-order chi connectivity index (χ0) is 10.7. The summed E-state index contributed by atoms with van der Waals surface area (Å²) < 4.78 is 24.3. The van der Waals surface area contributed by atoms with Gasteiger partial charge in [-0.15, -0.1) is 0 Å². The van der Waals surface area contributed by atoms with Crippen molar-refractivity contribution in [2.75, 3.05) is 0 Å². The third kappa shape index (κ3) is 2.35. The van der Waals surface area contributed by atoms with Crippen LogP contribution in [-0.2, 0) is 4.79 Å². The van der Waals surface area contributed by atoms with Crippen molar-refractivity contribution in [1.29, 1.82) is 0 Å². The molecule has 0 aromatic heterocycles.